The Labute approximate surface area is 327 Å². The SMILES string of the molecule is Fc1cccc(-c2ccc(-n3c4ccccc4c4ccc(-n5c6ccccc6c6ccccc65)cc43)cc2-c2nc(-c3ccccc3)nc(-c3ccccc3)n2)c1. The van der Waals surface area contributed by atoms with Crippen molar-refractivity contribution in [3.8, 4) is 56.7 Å². The van der Waals surface area contributed by atoms with Crippen LogP contribution >= 0.6 is 0 Å². The lowest BCUT2D eigenvalue weighted by atomic mass is 9.98. The van der Waals surface area contributed by atoms with Crippen molar-refractivity contribution in [2.45, 2.75) is 0 Å². The van der Waals surface area contributed by atoms with Gasteiger partial charge in [0.15, 0.2) is 17.5 Å². The van der Waals surface area contributed by atoms with Crippen LogP contribution < -0.4 is 0 Å². The Hall–Kier alpha value is -7.70. The zero-order valence-corrected chi connectivity index (χ0v) is 30.6. The van der Waals surface area contributed by atoms with Gasteiger partial charge in [-0.2, -0.15) is 0 Å². The van der Waals surface area contributed by atoms with Crippen LogP contribution in [0.15, 0.2) is 194 Å². The highest BCUT2D eigenvalue weighted by Gasteiger charge is 2.20. The number of para-hydroxylation sites is 3. The third kappa shape index (κ3) is 5.49. The molecular weight excluding hydrogens is 702 g/mol. The zero-order chi connectivity index (χ0) is 37.9. The van der Waals surface area contributed by atoms with Crippen LogP contribution in [0.25, 0.3) is 100 Å². The number of aromatic nitrogens is 5. The Morgan fingerprint density at radius 1 is 0.316 bits per heavy atom. The van der Waals surface area contributed by atoms with Crippen LogP contribution in [0.3, 0.4) is 0 Å². The quantitative estimate of drug-likeness (QED) is 0.171. The molecule has 0 bridgehead atoms. The summed E-state index contributed by atoms with van der Waals surface area (Å²) in [4.78, 5) is 15.2. The van der Waals surface area contributed by atoms with E-state index in [1.807, 2.05) is 66.7 Å². The molecule has 0 atom stereocenters. The Morgan fingerprint density at radius 2 is 0.772 bits per heavy atom. The molecule has 11 rings (SSSR count). The van der Waals surface area contributed by atoms with Gasteiger partial charge in [0.1, 0.15) is 5.82 Å². The van der Waals surface area contributed by atoms with Gasteiger partial charge in [-0.1, -0.05) is 140 Å². The largest absolute Gasteiger partial charge is 0.309 e. The summed E-state index contributed by atoms with van der Waals surface area (Å²) >= 11 is 0. The number of halogens is 1. The van der Waals surface area contributed by atoms with Crippen LogP contribution in [0.4, 0.5) is 4.39 Å². The summed E-state index contributed by atoms with van der Waals surface area (Å²) in [7, 11) is 0. The highest BCUT2D eigenvalue weighted by atomic mass is 19.1. The average Bonchev–Trinajstić information content (AvgIpc) is 3.79. The van der Waals surface area contributed by atoms with E-state index >= 15 is 0 Å². The van der Waals surface area contributed by atoms with Crippen LogP contribution in [0.1, 0.15) is 0 Å². The summed E-state index contributed by atoms with van der Waals surface area (Å²) in [5, 5.41) is 4.72. The highest BCUT2D eigenvalue weighted by molar-refractivity contribution is 6.12. The molecule has 0 amide bonds. The Bertz CT molecular complexity index is 3200. The minimum Gasteiger partial charge on any atom is -0.309 e. The fraction of sp³-hybridized carbons (Fsp3) is 0. The minimum atomic E-state index is -0.312. The van der Waals surface area contributed by atoms with Gasteiger partial charge in [0.05, 0.1) is 22.1 Å². The van der Waals surface area contributed by atoms with Crippen molar-refractivity contribution >= 4 is 43.6 Å². The molecule has 0 aliphatic rings. The van der Waals surface area contributed by atoms with E-state index in [2.05, 4.69) is 118 Å². The smallest absolute Gasteiger partial charge is 0.164 e. The van der Waals surface area contributed by atoms with Crippen LogP contribution in [-0.2, 0) is 0 Å². The van der Waals surface area contributed by atoms with Gasteiger partial charge in [0.25, 0.3) is 0 Å². The number of rotatable bonds is 6. The first-order valence-corrected chi connectivity index (χ1v) is 19.0. The lowest BCUT2D eigenvalue weighted by molar-refractivity contribution is 0.628. The second-order valence-corrected chi connectivity index (χ2v) is 14.2. The molecule has 0 fully saturated rings. The maximum atomic E-state index is 14.9. The van der Waals surface area contributed by atoms with Crippen molar-refractivity contribution in [1.29, 1.82) is 0 Å². The van der Waals surface area contributed by atoms with Crippen molar-refractivity contribution in [3.05, 3.63) is 200 Å². The summed E-state index contributed by atoms with van der Waals surface area (Å²) in [6, 6.07) is 65.3. The second-order valence-electron chi connectivity index (χ2n) is 14.2. The molecule has 11 aromatic rings. The van der Waals surface area contributed by atoms with Gasteiger partial charge < -0.3 is 9.13 Å². The van der Waals surface area contributed by atoms with Gasteiger partial charge in [-0.05, 0) is 65.7 Å². The molecule has 0 aliphatic heterocycles. The second kappa shape index (κ2) is 13.3. The van der Waals surface area contributed by atoms with Gasteiger partial charge in [0.2, 0.25) is 0 Å². The van der Waals surface area contributed by atoms with Crippen molar-refractivity contribution < 1.29 is 4.39 Å². The molecule has 0 saturated heterocycles. The maximum absolute atomic E-state index is 14.9. The Kier molecular flexibility index (Phi) is 7.60. The van der Waals surface area contributed by atoms with Crippen molar-refractivity contribution in [2.75, 3.05) is 0 Å². The van der Waals surface area contributed by atoms with Gasteiger partial charge in [-0.25, -0.2) is 19.3 Å². The topological polar surface area (TPSA) is 48.5 Å². The first kappa shape index (κ1) is 32.7. The van der Waals surface area contributed by atoms with Crippen molar-refractivity contribution in [1.82, 2.24) is 24.1 Å². The molecule has 0 N–H and O–H groups in total. The summed E-state index contributed by atoms with van der Waals surface area (Å²) in [6.07, 6.45) is 0. The molecule has 0 spiro atoms. The molecule has 0 radical (unpaired) electrons. The monoisotopic (exact) mass is 733 g/mol. The maximum Gasteiger partial charge on any atom is 0.164 e. The standard InChI is InChI=1S/C51H32FN5/c52-36-19-13-18-35(30-36)39-28-26-37(31-44(39)51-54-49(33-14-3-1-4-15-33)53-50(55-51)34-16-5-2-6-17-34)57-47-25-12-9-22-42(47)43-29-27-38(32-48(43)57)56-45-23-10-7-20-40(45)41-21-8-11-24-46(41)56/h1-32H. The highest BCUT2D eigenvalue weighted by Crippen LogP contribution is 2.40. The molecular formula is C51H32FN5. The van der Waals surface area contributed by atoms with Crippen LogP contribution in [0, 0.1) is 5.82 Å². The molecule has 5 nitrogen and oxygen atoms in total. The summed E-state index contributed by atoms with van der Waals surface area (Å²) in [5.74, 6) is 1.30. The van der Waals surface area contributed by atoms with E-state index in [1.165, 1.54) is 16.8 Å². The van der Waals surface area contributed by atoms with E-state index < -0.39 is 0 Å². The first-order valence-electron chi connectivity index (χ1n) is 19.0. The summed E-state index contributed by atoms with van der Waals surface area (Å²) < 4.78 is 19.6. The van der Waals surface area contributed by atoms with Gasteiger partial charge in [0, 0.05) is 49.6 Å². The summed E-state index contributed by atoms with van der Waals surface area (Å²) in [6.45, 7) is 0. The molecule has 57 heavy (non-hydrogen) atoms. The van der Waals surface area contributed by atoms with Gasteiger partial charge >= 0.3 is 0 Å². The number of hydrogen-bond donors (Lipinski definition) is 0. The Morgan fingerprint density at radius 3 is 1.35 bits per heavy atom. The fourth-order valence-corrected chi connectivity index (χ4v) is 8.27. The zero-order valence-electron chi connectivity index (χ0n) is 30.6. The molecule has 0 aliphatic carbocycles. The van der Waals surface area contributed by atoms with E-state index in [4.69, 9.17) is 15.0 Å². The molecule has 3 heterocycles. The van der Waals surface area contributed by atoms with E-state index in [0.29, 0.717) is 17.5 Å². The number of benzene rings is 8. The van der Waals surface area contributed by atoms with Crippen LogP contribution in [-0.4, -0.2) is 24.1 Å². The van der Waals surface area contributed by atoms with Crippen molar-refractivity contribution in [3.63, 3.8) is 0 Å². The van der Waals surface area contributed by atoms with Gasteiger partial charge in [-0.3, -0.25) is 0 Å². The van der Waals surface area contributed by atoms with E-state index in [-0.39, 0.29) is 5.82 Å². The van der Waals surface area contributed by atoms with E-state index in [0.717, 1.165) is 72.0 Å². The van der Waals surface area contributed by atoms with E-state index in [1.54, 1.807) is 12.1 Å². The van der Waals surface area contributed by atoms with E-state index in [9.17, 15) is 4.39 Å². The van der Waals surface area contributed by atoms with Crippen LogP contribution in [0.2, 0.25) is 0 Å². The molecule has 0 saturated carbocycles. The van der Waals surface area contributed by atoms with Crippen LogP contribution in [0.5, 0.6) is 0 Å². The molecule has 8 aromatic carbocycles. The fourth-order valence-electron chi connectivity index (χ4n) is 8.27. The predicted molar refractivity (Wildman–Crippen MR) is 230 cm³/mol. The average molecular weight is 734 g/mol. The molecule has 6 heteroatoms. The minimum absolute atomic E-state index is 0.312. The lowest BCUT2D eigenvalue weighted by Crippen LogP contribution is -2.02. The normalized spacial score (nSPS) is 11.6. The molecule has 0 unspecified atom stereocenters. The molecule has 3 aromatic heterocycles. The molecule has 268 valence electrons. The number of nitrogens with zero attached hydrogens (tertiary/aromatic N) is 5. The Balaban J connectivity index is 1.19. The van der Waals surface area contributed by atoms with Crippen molar-refractivity contribution in [2.24, 2.45) is 0 Å². The van der Waals surface area contributed by atoms with Gasteiger partial charge in [-0.15, -0.1) is 0 Å². The summed E-state index contributed by atoms with van der Waals surface area (Å²) in [5.41, 5.74) is 10.5. The number of fused-ring (bicyclic) bond motifs is 6. The predicted octanol–water partition coefficient (Wildman–Crippen LogP) is 12.9. The first-order chi connectivity index (χ1) is 28.2. The number of hydrogen-bond acceptors (Lipinski definition) is 3. The third-order valence-electron chi connectivity index (χ3n) is 10.8. The third-order valence-corrected chi connectivity index (χ3v) is 10.8. The lowest BCUT2D eigenvalue weighted by Gasteiger charge is -2.16.